The van der Waals surface area contributed by atoms with Gasteiger partial charge < -0.3 is 19.1 Å². The zero-order chi connectivity index (χ0) is 22.4. The van der Waals surface area contributed by atoms with Crippen molar-refractivity contribution in [1.82, 2.24) is 0 Å². The fraction of sp³-hybridized carbons (Fsp3) is 0.240. The van der Waals surface area contributed by atoms with Crippen molar-refractivity contribution in [2.75, 3.05) is 6.61 Å². The number of carboxylic acid groups (broad SMARTS) is 1. The summed E-state index contributed by atoms with van der Waals surface area (Å²) in [5.41, 5.74) is 3.04. The molecule has 6 heteroatoms. The Kier molecular flexibility index (Phi) is 7.25. The molecule has 0 saturated heterocycles. The van der Waals surface area contributed by atoms with E-state index in [2.05, 4.69) is 32.9 Å². The third kappa shape index (κ3) is 6.77. The molecule has 0 radical (unpaired) electrons. The van der Waals surface area contributed by atoms with E-state index in [9.17, 15) is 9.90 Å². The van der Waals surface area contributed by atoms with Gasteiger partial charge in [0.25, 0.3) is 0 Å². The molecule has 2 N–H and O–H groups in total. The Hall–Kier alpha value is -2.96. The number of hydrogen-bond acceptors (Lipinski definition) is 5. The molecule has 162 valence electrons. The van der Waals surface area contributed by atoms with Gasteiger partial charge in [-0.3, -0.25) is 0 Å². The van der Waals surface area contributed by atoms with Gasteiger partial charge in [0.2, 0.25) is 0 Å². The molecular weight excluding hydrogens is 412 g/mol. The summed E-state index contributed by atoms with van der Waals surface area (Å²) in [4.78, 5) is 12.2. The minimum absolute atomic E-state index is 0.130. The molecule has 0 spiro atoms. The van der Waals surface area contributed by atoms with Crippen LogP contribution in [0.4, 0.5) is 0 Å². The molecule has 0 amide bonds. The van der Waals surface area contributed by atoms with Crippen LogP contribution in [0.5, 0.6) is 11.5 Å². The van der Waals surface area contributed by atoms with Gasteiger partial charge in [0, 0.05) is 16.9 Å². The topological polar surface area (TPSA) is 76.0 Å². The van der Waals surface area contributed by atoms with Crippen molar-refractivity contribution in [2.24, 2.45) is 5.41 Å². The van der Waals surface area contributed by atoms with Gasteiger partial charge in [-0.1, -0.05) is 51.1 Å². The zero-order valence-electron chi connectivity index (χ0n) is 17.8. The SMILES string of the molecule is CC(C)(C)COSc1ccc(-c2cccc(COc3ccc(O)c(C(=O)O)c3)c2)cc1. The van der Waals surface area contributed by atoms with E-state index in [0.717, 1.165) is 21.6 Å². The number of ether oxygens (including phenoxy) is 1. The first-order valence-electron chi connectivity index (χ1n) is 9.89. The Morgan fingerprint density at radius 3 is 2.39 bits per heavy atom. The van der Waals surface area contributed by atoms with E-state index in [1.807, 2.05) is 36.4 Å². The summed E-state index contributed by atoms with van der Waals surface area (Å²) in [6.45, 7) is 7.38. The molecular formula is C25H26O5S. The highest BCUT2D eigenvalue weighted by Crippen LogP contribution is 2.28. The van der Waals surface area contributed by atoms with Crippen LogP contribution in [0.2, 0.25) is 0 Å². The van der Waals surface area contributed by atoms with Gasteiger partial charge in [0.15, 0.2) is 0 Å². The van der Waals surface area contributed by atoms with E-state index < -0.39 is 5.97 Å². The number of carboxylic acids is 1. The maximum atomic E-state index is 11.2. The van der Waals surface area contributed by atoms with Crippen LogP contribution in [0.15, 0.2) is 71.6 Å². The third-order valence-corrected chi connectivity index (χ3v) is 5.07. The van der Waals surface area contributed by atoms with Crippen molar-refractivity contribution >= 4 is 18.0 Å². The first-order chi connectivity index (χ1) is 14.7. The standard InChI is InChI=1S/C25H26O5S/c1-25(2,3)16-30-31-21-10-7-18(8-11-21)19-6-4-5-17(13-19)15-29-20-9-12-23(26)22(14-20)24(27)28/h4-14,26H,15-16H2,1-3H3,(H,27,28). The van der Waals surface area contributed by atoms with Crippen LogP contribution in [0.1, 0.15) is 36.7 Å². The second kappa shape index (κ2) is 9.90. The van der Waals surface area contributed by atoms with Gasteiger partial charge >= 0.3 is 5.97 Å². The lowest BCUT2D eigenvalue weighted by atomic mass is 9.99. The molecule has 0 aliphatic heterocycles. The van der Waals surface area contributed by atoms with Crippen molar-refractivity contribution in [1.29, 1.82) is 0 Å². The van der Waals surface area contributed by atoms with E-state index in [-0.39, 0.29) is 23.3 Å². The van der Waals surface area contributed by atoms with Crippen LogP contribution >= 0.6 is 12.0 Å². The fourth-order valence-corrected chi connectivity index (χ4v) is 3.56. The van der Waals surface area contributed by atoms with Crippen molar-refractivity contribution in [2.45, 2.75) is 32.3 Å². The molecule has 3 rings (SSSR count). The molecule has 0 aliphatic rings. The molecule has 3 aromatic rings. The van der Waals surface area contributed by atoms with Crippen molar-refractivity contribution in [3.63, 3.8) is 0 Å². The fourth-order valence-electron chi connectivity index (χ4n) is 2.76. The highest BCUT2D eigenvalue weighted by Gasteiger charge is 2.12. The van der Waals surface area contributed by atoms with Crippen LogP contribution in [0, 0.1) is 5.41 Å². The van der Waals surface area contributed by atoms with Crippen LogP contribution in [0.3, 0.4) is 0 Å². The highest BCUT2D eigenvalue weighted by molar-refractivity contribution is 7.94. The number of benzene rings is 3. The van der Waals surface area contributed by atoms with Crippen LogP contribution < -0.4 is 4.74 Å². The van der Waals surface area contributed by atoms with Crippen LogP contribution in [0.25, 0.3) is 11.1 Å². The van der Waals surface area contributed by atoms with Crippen LogP contribution in [-0.2, 0) is 10.8 Å². The lowest BCUT2D eigenvalue weighted by molar-refractivity contribution is 0.0693. The van der Waals surface area contributed by atoms with Gasteiger partial charge in [-0.25, -0.2) is 4.79 Å². The molecule has 5 nitrogen and oxygen atoms in total. The minimum atomic E-state index is -1.20. The van der Waals surface area contributed by atoms with Gasteiger partial charge in [-0.15, -0.1) is 0 Å². The summed E-state index contributed by atoms with van der Waals surface area (Å²) in [5, 5.41) is 18.7. The first-order valence-corrected chi connectivity index (χ1v) is 10.6. The second-order valence-corrected chi connectivity index (χ2v) is 9.28. The predicted molar refractivity (Wildman–Crippen MR) is 123 cm³/mol. The molecule has 0 saturated carbocycles. The second-order valence-electron chi connectivity index (χ2n) is 8.40. The molecule has 0 bridgehead atoms. The summed E-state index contributed by atoms with van der Waals surface area (Å²) in [6.07, 6.45) is 0. The molecule has 0 heterocycles. The Balaban J connectivity index is 1.64. The van der Waals surface area contributed by atoms with E-state index in [0.29, 0.717) is 12.4 Å². The number of phenols is 1. The lowest BCUT2D eigenvalue weighted by Gasteiger charge is -2.16. The first kappa shape index (κ1) is 22.7. The van der Waals surface area contributed by atoms with Gasteiger partial charge in [-0.05, 0) is 58.5 Å². The maximum Gasteiger partial charge on any atom is 0.339 e. The van der Waals surface area contributed by atoms with Gasteiger partial charge in [0.05, 0.1) is 6.61 Å². The largest absolute Gasteiger partial charge is 0.507 e. The van der Waals surface area contributed by atoms with E-state index in [1.54, 1.807) is 6.07 Å². The number of aromatic carboxylic acids is 1. The molecule has 0 atom stereocenters. The molecule has 0 unspecified atom stereocenters. The average molecular weight is 439 g/mol. The molecule has 0 fully saturated rings. The Labute approximate surface area is 186 Å². The molecule has 31 heavy (non-hydrogen) atoms. The van der Waals surface area contributed by atoms with Gasteiger partial charge in [0.1, 0.15) is 23.7 Å². The Morgan fingerprint density at radius 2 is 1.71 bits per heavy atom. The smallest absolute Gasteiger partial charge is 0.339 e. The Bertz CT molecular complexity index is 1040. The lowest BCUT2D eigenvalue weighted by Crippen LogP contribution is -2.11. The molecule has 3 aromatic carbocycles. The van der Waals surface area contributed by atoms with Crippen molar-refractivity contribution in [3.8, 4) is 22.6 Å². The summed E-state index contributed by atoms with van der Waals surface area (Å²) < 4.78 is 11.4. The summed E-state index contributed by atoms with van der Waals surface area (Å²) in [6, 6.07) is 20.4. The summed E-state index contributed by atoms with van der Waals surface area (Å²) >= 11 is 1.38. The number of hydrogen-bond donors (Lipinski definition) is 2. The summed E-state index contributed by atoms with van der Waals surface area (Å²) in [5.74, 6) is -1.10. The number of rotatable bonds is 8. The maximum absolute atomic E-state index is 11.2. The van der Waals surface area contributed by atoms with Crippen molar-refractivity contribution in [3.05, 3.63) is 77.9 Å². The predicted octanol–water partition coefficient (Wildman–Crippen LogP) is 6.41. The van der Waals surface area contributed by atoms with E-state index >= 15 is 0 Å². The van der Waals surface area contributed by atoms with Crippen LogP contribution in [-0.4, -0.2) is 22.8 Å². The molecule has 0 aromatic heterocycles. The monoisotopic (exact) mass is 438 g/mol. The van der Waals surface area contributed by atoms with E-state index in [4.69, 9.17) is 14.0 Å². The quantitative estimate of drug-likeness (QED) is 0.396. The molecule has 0 aliphatic carbocycles. The third-order valence-electron chi connectivity index (χ3n) is 4.37. The highest BCUT2D eigenvalue weighted by atomic mass is 32.2. The van der Waals surface area contributed by atoms with Gasteiger partial charge in [-0.2, -0.15) is 0 Å². The summed E-state index contributed by atoms with van der Waals surface area (Å²) in [7, 11) is 0. The van der Waals surface area contributed by atoms with Crippen molar-refractivity contribution < 1.29 is 23.9 Å². The van der Waals surface area contributed by atoms with E-state index in [1.165, 1.54) is 24.2 Å². The number of aromatic hydroxyl groups is 1. The normalized spacial score (nSPS) is 11.3. The average Bonchev–Trinajstić information content (AvgIpc) is 2.73. The zero-order valence-corrected chi connectivity index (χ0v) is 18.6. The minimum Gasteiger partial charge on any atom is -0.507 e. The Morgan fingerprint density at radius 1 is 0.968 bits per heavy atom. The number of carbonyl (C=O) groups is 1.